The predicted molar refractivity (Wildman–Crippen MR) is 58.6 cm³/mol. The van der Waals surface area contributed by atoms with E-state index in [4.69, 9.17) is 10.3 Å². The third kappa shape index (κ3) is 1.20. The molecule has 0 spiro atoms. The van der Waals surface area contributed by atoms with Gasteiger partial charge >= 0.3 is 0 Å². The Morgan fingerprint density at radius 3 is 2.93 bits per heavy atom. The first-order chi connectivity index (χ1) is 7.22. The summed E-state index contributed by atoms with van der Waals surface area (Å²) in [6, 6.07) is 6.47. The van der Waals surface area contributed by atoms with Crippen LogP contribution in [0.1, 0.15) is 25.3 Å². The van der Waals surface area contributed by atoms with E-state index in [0.29, 0.717) is 0 Å². The number of hydrogen-bond acceptors (Lipinski definition) is 3. The first-order valence-corrected chi connectivity index (χ1v) is 5.33. The minimum atomic E-state index is 0.214. The second-order valence-corrected chi connectivity index (χ2v) is 4.52. The molecule has 78 valence electrons. The molecule has 1 aromatic carbocycles. The fourth-order valence-corrected chi connectivity index (χ4v) is 2.32. The fraction of sp³-hybridized carbons (Fsp3) is 0.417. The second-order valence-electron chi connectivity index (χ2n) is 4.52. The standard InChI is InChI=1S/C12H14N2O/c1-8(13)12(4-5-12)10-2-3-11-9(6-10)7-14-15-11/h2-3,6-8H,4-5,13H2,1H3. The zero-order chi connectivity index (χ0) is 10.5. The van der Waals surface area contributed by atoms with Gasteiger partial charge in [0.25, 0.3) is 0 Å². The van der Waals surface area contributed by atoms with Crippen molar-refractivity contribution < 1.29 is 4.52 Å². The summed E-state index contributed by atoms with van der Waals surface area (Å²) >= 11 is 0. The molecule has 3 heteroatoms. The van der Waals surface area contributed by atoms with Crippen LogP contribution in [-0.4, -0.2) is 11.2 Å². The summed E-state index contributed by atoms with van der Waals surface area (Å²) in [5, 5.41) is 4.85. The van der Waals surface area contributed by atoms with Crippen LogP contribution in [0.15, 0.2) is 28.9 Å². The number of benzene rings is 1. The Kier molecular flexibility index (Phi) is 1.68. The lowest BCUT2D eigenvalue weighted by molar-refractivity contribution is 0.456. The molecular weight excluding hydrogens is 188 g/mol. The van der Waals surface area contributed by atoms with Crippen molar-refractivity contribution in [2.75, 3.05) is 0 Å². The third-order valence-corrected chi connectivity index (χ3v) is 3.59. The molecule has 1 fully saturated rings. The molecule has 1 atom stereocenters. The summed E-state index contributed by atoms with van der Waals surface area (Å²) in [5.74, 6) is 0. The smallest absolute Gasteiger partial charge is 0.166 e. The normalized spacial score (nSPS) is 20.4. The lowest BCUT2D eigenvalue weighted by Gasteiger charge is -2.19. The Morgan fingerprint density at radius 2 is 2.27 bits per heavy atom. The zero-order valence-corrected chi connectivity index (χ0v) is 8.73. The highest BCUT2D eigenvalue weighted by molar-refractivity contribution is 5.77. The van der Waals surface area contributed by atoms with Gasteiger partial charge in [-0.3, -0.25) is 0 Å². The number of aromatic nitrogens is 1. The van der Waals surface area contributed by atoms with Crippen LogP contribution < -0.4 is 5.73 Å². The van der Waals surface area contributed by atoms with Gasteiger partial charge in [-0.1, -0.05) is 11.2 Å². The van der Waals surface area contributed by atoms with Crippen LogP contribution >= 0.6 is 0 Å². The fourth-order valence-electron chi connectivity index (χ4n) is 2.32. The Balaban J connectivity index is 2.11. The van der Waals surface area contributed by atoms with E-state index in [1.807, 2.05) is 6.07 Å². The predicted octanol–water partition coefficient (Wildman–Crippen LogP) is 2.21. The van der Waals surface area contributed by atoms with Crippen LogP contribution in [0, 0.1) is 0 Å². The molecule has 0 radical (unpaired) electrons. The molecule has 0 saturated heterocycles. The van der Waals surface area contributed by atoms with Crippen molar-refractivity contribution in [3.05, 3.63) is 30.0 Å². The molecule has 15 heavy (non-hydrogen) atoms. The van der Waals surface area contributed by atoms with Gasteiger partial charge in [-0.15, -0.1) is 0 Å². The summed E-state index contributed by atoms with van der Waals surface area (Å²) in [5.41, 5.74) is 8.43. The Morgan fingerprint density at radius 1 is 1.47 bits per heavy atom. The van der Waals surface area contributed by atoms with Gasteiger partial charge in [0, 0.05) is 16.8 Å². The summed E-state index contributed by atoms with van der Waals surface area (Å²) in [6.07, 6.45) is 4.15. The van der Waals surface area contributed by atoms with Crippen LogP contribution in [0.2, 0.25) is 0 Å². The van der Waals surface area contributed by atoms with Crippen molar-refractivity contribution in [3.8, 4) is 0 Å². The highest BCUT2D eigenvalue weighted by atomic mass is 16.5. The van der Waals surface area contributed by atoms with Crippen molar-refractivity contribution in [3.63, 3.8) is 0 Å². The number of rotatable bonds is 2. The largest absolute Gasteiger partial charge is 0.356 e. The molecule has 1 aliphatic rings. The maximum absolute atomic E-state index is 6.05. The molecule has 3 rings (SSSR count). The van der Waals surface area contributed by atoms with Gasteiger partial charge in [-0.2, -0.15) is 0 Å². The van der Waals surface area contributed by atoms with E-state index in [9.17, 15) is 0 Å². The average molecular weight is 202 g/mol. The molecule has 0 bridgehead atoms. The number of hydrogen-bond donors (Lipinski definition) is 1. The van der Waals surface area contributed by atoms with Crippen LogP contribution in [0.3, 0.4) is 0 Å². The highest BCUT2D eigenvalue weighted by Gasteiger charge is 2.47. The van der Waals surface area contributed by atoms with Gasteiger partial charge in [-0.05, 0) is 37.5 Å². The van der Waals surface area contributed by atoms with Crippen molar-refractivity contribution in [1.82, 2.24) is 5.16 Å². The Bertz CT molecular complexity index is 497. The molecule has 1 aliphatic carbocycles. The maximum Gasteiger partial charge on any atom is 0.166 e. The van der Waals surface area contributed by atoms with E-state index in [1.54, 1.807) is 6.20 Å². The van der Waals surface area contributed by atoms with Crippen molar-refractivity contribution in [2.45, 2.75) is 31.2 Å². The molecule has 2 aromatic rings. The lowest BCUT2D eigenvalue weighted by atomic mass is 9.89. The maximum atomic E-state index is 6.05. The van der Waals surface area contributed by atoms with Gasteiger partial charge in [0.15, 0.2) is 5.58 Å². The van der Waals surface area contributed by atoms with Crippen LogP contribution in [0.4, 0.5) is 0 Å². The van der Waals surface area contributed by atoms with Gasteiger partial charge in [0.2, 0.25) is 0 Å². The van der Waals surface area contributed by atoms with E-state index < -0.39 is 0 Å². The lowest BCUT2D eigenvalue weighted by Crippen LogP contribution is -2.31. The number of nitrogens with two attached hydrogens (primary N) is 1. The van der Waals surface area contributed by atoms with E-state index >= 15 is 0 Å². The quantitative estimate of drug-likeness (QED) is 0.812. The Labute approximate surface area is 88.2 Å². The van der Waals surface area contributed by atoms with E-state index in [0.717, 1.165) is 11.0 Å². The molecule has 0 aliphatic heterocycles. The monoisotopic (exact) mass is 202 g/mol. The van der Waals surface area contributed by atoms with Crippen molar-refractivity contribution >= 4 is 11.0 Å². The third-order valence-electron chi connectivity index (χ3n) is 3.59. The minimum absolute atomic E-state index is 0.214. The SMILES string of the molecule is CC(N)C1(c2ccc3oncc3c2)CC1. The molecule has 3 nitrogen and oxygen atoms in total. The van der Waals surface area contributed by atoms with Gasteiger partial charge in [0.05, 0.1) is 6.20 Å². The second kappa shape index (κ2) is 2.83. The number of nitrogens with zero attached hydrogens (tertiary/aromatic N) is 1. The number of fused-ring (bicyclic) bond motifs is 1. The van der Waals surface area contributed by atoms with Gasteiger partial charge in [-0.25, -0.2) is 0 Å². The van der Waals surface area contributed by atoms with E-state index in [1.165, 1.54) is 18.4 Å². The molecule has 0 amide bonds. The first-order valence-electron chi connectivity index (χ1n) is 5.33. The molecule has 1 heterocycles. The summed E-state index contributed by atoms with van der Waals surface area (Å²) < 4.78 is 5.09. The average Bonchev–Trinajstić information content (AvgIpc) is 2.91. The summed E-state index contributed by atoms with van der Waals surface area (Å²) in [4.78, 5) is 0. The van der Waals surface area contributed by atoms with Crippen molar-refractivity contribution in [1.29, 1.82) is 0 Å². The summed E-state index contributed by atoms with van der Waals surface area (Å²) in [6.45, 7) is 2.09. The first kappa shape index (κ1) is 8.92. The molecular formula is C12H14N2O. The topological polar surface area (TPSA) is 52.0 Å². The van der Waals surface area contributed by atoms with Crippen LogP contribution in [0.25, 0.3) is 11.0 Å². The van der Waals surface area contributed by atoms with Gasteiger partial charge < -0.3 is 10.3 Å². The molecule has 1 aromatic heterocycles. The Hall–Kier alpha value is -1.35. The highest BCUT2D eigenvalue weighted by Crippen LogP contribution is 2.50. The van der Waals surface area contributed by atoms with E-state index in [2.05, 4.69) is 24.2 Å². The molecule has 1 saturated carbocycles. The van der Waals surface area contributed by atoms with Crippen LogP contribution in [-0.2, 0) is 5.41 Å². The van der Waals surface area contributed by atoms with E-state index in [-0.39, 0.29) is 11.5 Å². The molecule has 1 unspecified atom stereocenters. The zero-order valence-electron chi connectivity index (χ0n) is 8.73. The molecule has 2 N–H and O–H groups in total. The van der Waals surface area contributed by atoms with Crippen LogP contribution in [0.5, 0.6) is 0 Å². The van der Waals surface area contributed by atoms with Gasteiger partial charge in [0.1, 0.15) is 0 Å². The summed E-state index contributed by atoms with van der Waals surface area (Å²) in [7, 11) is 0. The minimum Gasteiger partial charge on any atom is -0.356 e. The van der Waals surface area contributed by atoms with Crippen molar-refractivity contribution in [2.24, 2.45) is 5.73 Å².